The zero-order valence-electron chi connectivity index (χ0n) is 9.99. The van der Waals surface area contributed by atoms with Crippen molar-refractivity contribution >= 4 is 0 Å². The molecule has 0 aliphatic carbocycles. The summed E-state index contributed by atoms with van der Waals surface area (Å²) in [6, 6.07) is 3.77. The van der Waals surface area contributed by atoms with Crippen molar-refractivity contribution in [2.24, 2.45) is 5.73 Å². The minimum atomic E-state index is 0.0366. The number of methoxy groups -OCH3 is 2. The molecule has 4 heteroatoms. The number of rotatable bonds is 5. The average Bonchev–Trinajstić information content (AvgIpc) is 2.27. The molecule has 3 N–H and O–H groups in total. The largest absolute Gasteiger partial charge is 0.502 e. The zero-order chi connectivity index (χ0) is 12.1. The first-order valence-corrected chi connectivity index (χ1v) is 5.28. The van der Waals surface area contributed by atoms with E-state index < -0.39 is 0 Å². The minimum Gasteiger partial charge on any atom is -0.502 e. The van der Waals surface area contributed by atoms with E-state index in [1.165, 1.54) is 14.2 Å². The number of phenolic OH excluding ortho intramolecular Hbond substituents is 1. The molecule has 0 spiro atoms. The third-order valence-electron chi connectivity index (χ3n) is 2.43. The van der Waals surface area contributed by atoms with Crippen molar-refractivity contribution in [1.29, 1.82) is 0 Å². The molecule has 0 aliphatic rings. The van der Waals surface area contributed by atoms with Crippen LogP contribution in [0.3, 0.4) is 0 Å². The Labute approximate surface area is 96.0 Å². The van der Waals surface area contributed by atoms with Gasteiger partial charge >= 0.3 is 0 Å². The summed E-state index contributed by atoms with van der Waals surface area (Å²) in [5.74, 6) is 0.896. The van der Waals surface area contributed by atoms with E-state index in [0.29, 0.717) is 11.5 Å². The molecular formula is C12H19NO3. The molecule has 0 saturated carbocycles. The lowest BCUT2D eigenvalue weighted by Crippen LogP contribution is -2.15. The van der Waals surface area contributed by atoms with Crippen molar-refractivity contribution in [1.82, 2.24) is 0 Å². The average molecular weight is 225 g/mol. The van der Waals surface area contributed by atoms with Crippen LogP contribution in [0.2, 0.25) is 0 Å². The molecule has 0 unspecified atom stereocenters. The Bertz CT molecular complexity index is 325. The van der Waals surface area contributed by atoms with Gasteiger partial charge in [-0.25, -0.2) is 0 Å². The van der Waals surface area contributed by atoms with Gasteiger partial charge < -0.3 is 20.3 Å². The number of hydrogen-bond donors (Lipinski definition) is 2. The van der Waals surface area contributed by atoms with E-state index in [1.807, 2.05) is 6.92 Å². The molecule has 90 valence electrons. The summed E-state index contributed by atoms with van der Waals surface area (Å²) in [5, 5.41) is 9.72. The molecule has 0 heterocycles. The normalized spacial score (nSPS) is 12.2. The maximum Gasteiger partial charge on any atom is 0.200 e. The highest BCUT2D eigenvalue weighted by molar-refractivity contribution is 5.52. The Hall–Kier alpha value is -1.42. The summed E-state index contributed by atoms with van der Waals surface area (Å²) in [6.07, 6.45) is 1.72. The summed E-state index contributed by atoms with van der Waals surface area (Å²) in [6.45, 7) is 1.97. The van der Waals surface area contributed by atoms with E-state index in [1.54, 1.807) is 12.1 Å². The van der Waals surface area contributed by atoms with Crippen LogP contribution in [-0.4, -0.2) is 25.4 Å². The highest BCUT2D eigenvalue weighted by atomic mass is 16.5. The zero-order valence-corrected chi connectivity index (χ0v) is 9.99. The molecule has 1 atom stereocenters. The number of nitrogens with two attached hydrogens (primary N) is 1. The lowest BCUT2D eigenvalue weighted by molar-refractivity contribution is 0.339. The second-order valence-corrected chi connectivity index (χ2v) is 3.86. The second kappa shape index (κ2) is 5.61. The maximum atomic E-state index is 9.72. The number of phenols is 1. The van der Waals surface area contributed by atoms with Gasteiger partial charge in [0.2, 0.25) is 5.75 Å². The fraction of sp³-hybridized carbons (Fsp3) is 0.500. The molecule has 1 rings (SSSR count). The van der Waals surface area contributed by atoms with Gasteiger partial charge in [0.05, 0.1) is 14.2 Å². The van der Waals surface area contributed by atoms with Crippen molar-refractivity contribution in [2.75, 3.05) is 14.2 Å². The Kier molecular flexibility index (Phi) is 4.43. The van der Waals surface area contributed by atoms with Crippen molar-refractivity contribution in [3.8, 4) is 17.2 Å². The molecule has 1 aromatic carbocycles. The van der Waals surface area contributed by atoms with Gasteiger partial charge in [-0.05, 0) is 37.5 Å². The van der Waals surface area contributed by atoms with E-state index in [-0.39, 0.29) is 11.8 Å². The van der Waals surface area contributed by atoms with Crippen molar-refractivity contribution < 1.29 is 14.6 Å². The smallest absolute Gasteiger partial charge is 0.200 e. The number of benzene rings is 1. The highest BCUT2D eigenvalue weighted by Crippen LogP contribution is 2.37. The Morgan fingerprint density at radius 2 is 1.75 bits per heavy atom. The van der Waals surface area contributed by atoms with Crippen molar-refractivity contribution in [2.45, 2.75) is 25.8 Å². The second-order valence-electron chi connectivity index (χ2n) is 3.86. The first kappa shape index (κ1) is 12.6. The third-order valence-corrected chi connectivity index (χ3v) is 2.43. The molecule has 0 aliphatic heterocycles. The Morgan fingerprint density at radius 3 is 2.12 bits per heavy atom. The summed E-state index contributed by atoms with van der Waals surface area (Å²) < 4.78 is 10.1. The lowest BCUT2D eigenvalue weighted by Gasteiger charge is -2.12. The molecule has 0 amide bonds. The van der Waals surface area contributed by atoms with E-state index >= 15 is 0 Å². The van der Waals surface area contributed by atoms with Gasteiger partial charge in [-0.1, -0.05) is 0 Å². The van der Waals surface area contributed by atoms with Crippen LogP contribution in [-0.2, 0) is 6.42 Å². The van der Waals surface area contributed by atoms with Gasteiger partial charge in [-0.3, -0.25) is 0 Å². The minimum absolute atomic E-state index is 0.0366. The standard InChI is InChI=1S/C12H19NO3/c1-8(13)4-5-9-6-10(15-2)12(14)11(7-9)16-3/h6-8,14H,4-5,13H2,1-3H3/t8-/m0/s1. The predicted molar refractivity (Wildman–Crippen MR) is 63.2 cm³/mol. The fourth-order valence-electron chi connectivity index (χ4n) is 1.49. The predicted octanol–water partition coefficient (Wildman–Crippen LogP) is 1.69. The molecule has 0 radical (unpaired) electrons. The SMILES string of the molecule is COc1cc(CC[C@H](C)N)cc(OC)c1O. The van der Waals surface area contributed by atoms with Gasteiger partial charge in [0.1, 0.15) is 0 Å². The van der Waals surface area contributed by atoms with Crippen LogP contribution in [0.15, 0.2) is 12.1 Å². The fourth-order valence-corrected chi connectivity index (χ4v) is 1.49. The van der Waals surface area contributed by atoms with Crippen LogP contribution in [0.25, 0.3) is 0 Å². The van der Waals surface area contributed by atoms with Crippen LogP contribution in [0.5, 0.6) is 17.2 Å². The first-order valence-electron chi connectivity index (χ1n) is 5.28. The Balaban J connectivity index is 2.93. The topological polar surface area (TPSA) is 64.7 Å². The van der Waals surface area contributed by atoms with E-state index in [2.05, 4.69) is 0 Å². The molecule has 0 fully saturated rings. The number of hydrogen-bond acceptors (Lipinski definition) is 4. The third kappa shape index (κ3) is 3.03. The number of aryl methyl sites for hydroxylation is 1. The maximum absolute atomic E-state index is 9.72. The monoisotopic (exact) mass is 225 g/mol. The first-order chi connectivity index (χ1) is 7.58. The van der Waals surface area contributed by atoms with Gasteiger partial charge in [-0.2, -0.15) is 0 Å². The van der Waals surface area contributed by atoms with Crippen molar-refractivity contribution in [3.05, 3.63) is 17.7 Å². The van der Waals surface area contributed by atoms with Gasteiger partial charge in [0.25, 0.3) is 0 Å². The highest BCUT2D eigenvalue weighted by Gasteiger charge is 2.11. The molecule has 16 heavy (non-hydrogen) atoms. The van der Waals surface area contributed by atoms with E-state index in [4.69, 9.17) is 15.2 Å². The van der Waals surface area contributed by atoms with E-state index in [0.717, 1.165) is 18.4 Å². The molecule has 0 saturated heterocycles. The van der Waals surface area contributed by atoms with Gasteiger partial charge in [0.15, 0.2) is 11.5 Å². The molecule has 4 nitrogen and oxygen atoms in total. The van der Waals surface area contributed by atoms with E-state index in [9.17, 15) is 5.11 Å². The van der Waals surface area contributed by atoms with Crippen LogP contribution in [0.1, 0.15) is 18.9 Å². The van der Waals surface area contributed by atoms with Crippen LogP contribution < -0.4 is 15.2 Å². The quantitative estimate of drug-likeness (QED) is 0.800. The number of ether oxygens (including phenoxy) is 2. The molecule has 0 bridgehead atoms. The van der Waals surface area contributed by atoms with Gasteiger partial charge in [0, 0.05) is 6.04 Å². The molecular weight excluding hydrogens is 206 g/mol. The van der Waals surface area contributed by atoms with Gasteiger partial charge in [-0.15, -0.1) is 0 Å². The molecule has 1 aromatic rings. The van der Waals surface area contributed by atoms with Crippen LogP contribution in [0.4, 0.5) is 0 Å². The van der Waals surface area contributed by atoms with Crippen LogP contribution >= 0.6 is 0 Å². The lowest BCUT2D eigenvalue weighted by atomic mass is 10.1. The van der Waals surface area contributed by atoms with Crippen LogP contribution in [0, 0.1) is 0 Å². The summed E-state index contributed by atoms with van der Waals surface area (Å²) >= 11 is 0. The summed E-state index contributed by atoms with van der Waals surface area (Å²) in [7, 11) is 3.04. The summed E-state index contributed by atoms with van der Waals surface area (Å²) in [5.41, 5.74) is 6.74. The molecule has 0 aromatic heterocycles. The summed E-state index contributed by atoms with van der Waals surface area (Å²) in [4.78, 5) is 0. The Morgan fingerprint density at radius 1 is 1.25 bits per heavy atom. The number of aromatic hydroxyl groups is 1. The van der Waals surface area contributed by atoms with Crippen molar-refractivity contribution in [3.63, 3.8) is 0 Å².